The van der Waals surface area contributed by atoms with Gasteiger partial charge >= 0.3 is 0 Å². The van der Waals surface area contributed by atoms with Crippen LogP contribution < -0.4 is 4.90 Å². The summed E-state index contributed by atoms with van der Waals surface area (Å²) in [6.45, 7) is 6.82. The summed E-state index contributed by atoms with van der Waals surface area (Å²) in [7, 11) is 0. The third-order valence-corrected chi connectivity index (χ3v) is 5.03. The predicted octanol–water partition coefficient (Wildman–Crippen LogP) is 1.72. The molecule has 3 rings (SSSR count). The molecule has 2 heterocycles. The number of benzene rings is 1. The van der Waals surface area contributed by atoms with Crippen molar-refractivity contribution in [3.63, 3.8) is 0 Å². The highest BCUT2D eigenvalue weighted by Gasteiger charge is 2.43. The maximum Gasteiger partial charge on any atom is 0.251 e. The summed E-state index contributed by atoms with van der Waals surface area (Å²) >= 11 is 3.37. The maximum atomic E-state index is 12.7. The molecule has 0 aliphatic carbocycles. The third-order valence-electron chi connectivity index (χ3n) is 4.50. The molecule has 2 aliphatic heterocycles. The molecule has 0 unspecified atom stereocenters. The standard InChI is InChI=1S/C16H20BrN3O2/c1-2-18-7-9-19(10-8-18)14-11-15(21)20(16(14)22)13-5-3-12(17)4-6-13/h3-6,14H,2,7-11H2,1H3/t14-/m1/s1. The number of rotatable bonds is 3. The lowest BCUT2D eigenvalue weighted by atomic mass is 10.1. The van der Waals surface area contributed by atoms with E-state index in [1.165, 1.54) is 4.90 Å². The Morgan fingerprint density at radius 3 is 2.32 bits per heavy atom. The second-order valence-corrected chi connectivity index (χ2v) is 6.65. The summed E-state index contributed by atoms with van der Waals surface area (Å²) in [5, 5.41) is 0. The molecule has 0 radical (unpaired) electrons. The number of piperazine rings is 1. The average Bonchev–Trinajstić information content (AvgIpc) is 2.83. The zero-order chi connectivity index (χ0) is 15.7. The minimum atomic E-state index is -0.296. The number of hydrogen-bond acceptors (Lipinski definition) is 4. The number of imide groups is 1. The lowest BCUT2D eigenvalue weighted by molar-refractivity contribution is -0.123. The van der Waals surface area contributed by atoms with Crippen molar-refractivity contribution in [2.24, 2.45) is 0 Å². The summed E-state index contributed by atoms with van der Waals surface area (Å²) in [6.07, 6.45) is 0.293. The van der Waals surface area contributed by atoms with Crippen LogP contribution in [0, 0.1) is 0 Å². The molecular formula is C16H20BrN3O2. The molecule has 2 amide bonds. The van der Waals surface area contributed by atoms with Gasteiger partial charge in [0.2, 0.25) is 5.91 Å². The summed E-state index contributed by atoms with van der Waals surface area (Å²) in [5.74, 6) is -0.187. The summed E-state index contributed by atoms with van der Waals surface area (Å²) < 4.78 is 0.933. The molecule has 6 heteroatoms. The van der Waals surface area contributed by atoms with Crippen LogP contribution >= 0.6 is 15.9 Å². The largest absolute Gasteiger partial charge is 0.301 e. The van der Waals surface area contributed by atoms with Crippen molar-refractivity contribution < 1.29 is 9.59 Å². The first-order valence-corrected chi connectivity index (χ1v) is 8.48. The van der Waals surface area contributed by atoms with Crippen molar-refractivity contribution in [2.75, 3.05) is 37.6 Å². The van der Waals surface area contributed by atoms with Crippen LogP contribution in [0.5, 0.6) is 0 Å². The topological polar surface area (TPSA) is 43.9 Å². The van der Waals surface area contributed by atoms with Crippen LogP contribution in [-0.2, 0) is 9.59 Å². The molecule has 118 valence electrons. The fourth-order valence-electron chi connectivity index (χ4n) is 3.15. The Kier molecular flexibility index (Phi) is 4.61. The van der Waals surface area contributed by atoms with E-state index in [1.807, 2.05) is 12.1 Å². The van der Waals surface area contributed by atoms with Gasteiger partial charge in [0.15, 0.2) is 0 Å². The molecule has 22 heavy (non-hydrogen) atoms. The minimum Gasteiger partial charge on any atom is -0.301 e. The van der Waals surface area contributed by atoms with E-state index in [0.29, 0.717) is 12.1 Å². The van der Waals surface area contributed by atoms with E-state index in [0.717, 1.165) is 37.2 Å². The highest BCUT2D eigenvalue weighted by atomic mass is 79.9. The van der Waals surface area contributed by atoms with Crippen molar-refractivity contribution in [3.8, 4) is 0 Å². The maximum absolute atomic E-state index is 12.7. The number of hydrogen-bond donors (Lipinski definition) is 0. The lowest BCUT2D eigenvalue weighted by Gasteiger charge is -2.36. The molecule has 1 atom stereocenters. The fraction of sp³-hybridized carbons (Fsp3) is 0.500. The zero-order valence-corrected chi connectivity index (χ0v) is 14.3. The lowest BCUT2D eigenvalue weighted by Crippen LogP contribution is -2.52. The molecule has 2 fully saturated rings. The van der Waals surface area contributed by atoms with Crippen molar-refractivity contribution in [1.82, 2.24) is 9.80 Å². The van der Waals surface area contributed by atoms with Gasteiger partial charge in [0, 0.05) is 30.7 Å². The quantitative estimate of drug-likeness (QED) is 0.765. The smallest absolute Gasteiger partial charge is 0.251 e. The molecule has 0 N–H and O–H groups in total. The monoisotopic (exact) mass is 365 g/mol. The average molecular weight is 366 g/mol. The summed E-state index contributed by atoms with van der Waals surface area (Å²) in [5.41, 5.74) is 0.660. The molecule has 0 spiro atoms. The minimum absolute atomic E-state index is 0.0859. The van der Waals surface area contributed by atoms with Gasteiger partial charge in [0.25, 0.3) is 5.91 Å². The van der Waals surface area contributed by atoms with E-state index in [4.69, 9.17) is 0 Å². The Morgan fingerprint density at radius 1 is 1.09 bits per heavy atom. The first kappa shape index (κ1) is 15.6. The van der Waals surface area contributed by atoms with E-state index in [2.05, 4.69) is 32.7 Å². The van der Waals surface area contributed by atoms with Crippen molar-refractivity contribution in [3.05, 3.63) is 28.7 Å². The van der Waals surface area contributed by atoms with Crippen LogP contribution in [0.2, 0.25) is 0 Å². The van der Waals surface area contributed by atoms with Gasteiger partial charge in [-0.3, -0.25) is 14.5 Å². The Morgan fingerprint density at radius 2 is 1.73 bits per heavy atom. The molecular weight excluding hydrogens is 346 g/mol. The Labute approximate surface area is 139 Å². The number of carbonyl (C=O) groups excluding carboxylic acids is 2. The molecule has 5 nitrogen and oxygen atoms in total. The number of nitrogens with zero attached hydrogens (tertiary/aromatic N) is 3. The van der Waals surface area contributed by atoms with Gasteiger partial charge in [-0.05, 0) is 30.8 Å². The van der Waals surface area contributed by atoms with Crippen LogP contribution in [-0.4, -0.2) is 60.4 Å². The molecule has 0 bridgehead atoms. The van der Waals surface area contributed by atoms with Crippen molar-refractivity contribution in [2.45, 2.75) is 19.4 Å². The molecule has 1 aromatic carbocycles. The van der Waals surface area contributed by atoms with Gasteiger partial charge in [-0.15, -0.1) is 0 Å². The van der Waals surface area contributed by atoms with E-state index in [9.17, 15) is 9.59 Å². The van der Waals surface area contributed by atoms with Gasteiger partial charge in [0.1, 0.15) is 0 Å². The van der Waals surface area contributed by atoms with Crippen LogP contribution in [0.15, 0.2) is 28.7 Å². The highest BCUT2D eigenvalue weighted by molar-refractivity contribution is 9.10. The predicted molar refractivity (Wildman–Crippen MR) is 88.7 cm³/mol. The van der Waals surface area contributed by atoms with Crippen LogP contribution in [0.25, 0.3) is 0 Å². The number of amides is 2. The van der Waals surface area contributed by atoms with Crippen molar-refractivity contribution >= 4 is 33.4 Å². The fourth-order valence-corrected chi connectivity index (χ4v) is 3.42. The van der Waals surface area contributed by atoms with E-state index in [-0.39, 0.29) is 17.9 Å². The van der Waals surface area contributed by atoms with Gasteiger partial charge in [-0.2, -0.15) is 0 Å². The molecule has 0 aromatic heterocycles. The van der Waals surface area contributed by atoms with Gasteiger partial charge in [-0.25, -0.2) is 4.90 Å². The summed E-state index contributed by atoms with van der Waals surface area (Å²) in [6, 6.07) is 7.01. The molecule has 2 saturated heterocycles. The number of halogens is 1. The third kappa shape index (κ3) is 2.95. The summed E-state index contributed by atoms with van der Waals surface area (Å²) in [4.78, 5) is 30.8. The first-order chi connectivity index (χ1) is 10.6. The van der Waals surface area contributed by atoms with Gasteiger partial charge in [0.05, 0.1) is 18.2 Å². The molecule has 2 aliphatic rings. The first-order valence-electron chi connectivity index (χ1n) is 7.69. The van der Waals surface area contributed by atoms with Gasteiger partial charge < -0.3 is 4.90 Å². The number of anilines is 1. The molecule has 0 saturated carbocycles. The van der Waals surface area contributed by atoms with Crippen molar-refractivity contribution in [1.29, 1.82) is 0 Å². The normalized spacial score (nSPS) is 24.3. The second kappa shape index (κ2) is 6.48. The van der Waals surface area contributed by atoms with Crippen LogP contribution in [0.4, 0.5) is 5.69 Å². The highest BCUT2D eigenvalue weighted by Crippen LogP contribution is 2.27. The Bertz CT molecular complexity index is 567. The molecule has 1 aromatic rings. The number of carbonyl (C=O) groups is 2. The second-order valence-electron chi connectivity index (χ2n) is 5.73. The Balaban J connectivity index is 1.73. The van der Waals surface area contributed by atoms with E-state index < -0.39 is 0 Å². The number of likely N-dealkylation sites (N-methyl/N-ethyl adjacent to an activating group) is 1. The van der Waals surface area contributed by atoms with E-state index in [1.54, 1.807) is 12.1 Å². The van der Waals surface area contributed by atoms with E-state index >= 15 is 0 Å². The van der Waals surface area contributed by atoms with Gasteiger partial charge in [-0.1, -0.05) is 22.9 Å². The van der Waals surface area contributed by atoms with Crippen LogP contribution in [0.3, 0.4) is 0 Å². The zero-order valence-electron chi connectivity index (χ0n) is 12.7. The van der Waals surface area contributed by atoms with Crippen LogP contribution in [0.1, 0.15) is 13.3 Å². The Hall–Kier alpha value is -1.24. The SMILES string of the molecule is CCN1CCN([C@@H]2CC(=O)N(c3ccc(Br)cc3)C2=O)CC1.